The van der Waals surface area contributed by atoms with Crippen molar-refractivity contribution in [2.24, 2.45) is 11.7 Å². The maximum atomic E-state index is 6.53. The summed E-state index contributed by atoms with van der Waals surface area (Å²) in [5.41, 5.74) is 6.65. The van der Waals surface area contributed by atoms with Crippen molar-refractivity contribution >= 4 is 0 Å². The lowest BCUT2D eigenvalue weighted by atomic mass is 9.79. The zero-order valence-corrected chi connectivity index (χ0v) is 12.0. The van der Waals surface area contributed by atoms with Gasteiger partial charge < -0.3 is 5.73 Å². The van der Waals surface area contributed by atoms with Gasteiger partial charge in [-0.3, -0.25) is 0 Å². The van der Waals surface area contributed by atoms with Gasteiger partial charge in [0, 0.05) is 5.54 Å². The van der Waals surface area contributed by atoms with Crippen LogP contribution in [-0.2, 0) is 0 Å². The first-order valence-corrected chi connectivity index (χ1v) is 7.40. The third kappa shape index (κ3) is 6.52. The molecule has 0 rings (SSSR count). The molecule has 0 aromatic heterocycles. The number of hydrogen-bond acceptors (Lipinski definition) is 1. The summed E-state index contributed by atoms with van der Waals surface area (Å²) in [6.45, 7) is 9.10. The van der Waals surface area contributed by atoms with Gasteiger partial charge in [-0.05, 0) is 25.2 Å². The monoisotopic (exact) mass is 227 g/mol. The van der Waals surface area contributed by atoms with E-state index >= 15 is 0 Å². The molecule has 2 N–H and O–H groups in total. The highest BCUT2D eigenvalue weighted by molar-refractivity contribution is 4.85. The Balaban J connectivity index is 4.12. The van der Waals surface area contributed by atoms with Crippen LogP contribution in [0, 0.1) is 5.92 Å². The lowest BCUT2D eigenvalue weighted by Gasteiger charge is -2.32. The second kappa shape index (κ2) is 9.04. The molecule has 0 fully saturated rings. The molecule has 0 bridgehead atoms. The summed E-state index contributed by atoms with van der Waals surface area (Å²) in [7, 11) is 0. The first kappa shape index (κ1) is 16.0. The number of unbranched alkanes of at least 4 members (excludes halogenated alkanes) is 2. The van der Waals surface area contributed by atoms with Crippen LogP contribution in [0.1, 0.15) is 85.5 Å². The van der Waals surface area contributed by atoms with Gasteiger partial charge in [-0.15, -0.1) is 0 Å². The fourth-order valence-corrected chi connectivity index (χ4v) is 2.47. The minimum Gasteiger partial charge on any atom is -0.325 e. The predicted octanol–water partition coefficient (Wildman–Crippen LogP) is 4.89. The molecule has 0 saturated carbocycles. The quantitative estimate of drug-likeness (QED) is 0.565. The minimum atomic E-state index is 0.116. The van der Waals surface area contributed by atoms with Crippen LogP contribution in [0.2, 0.25) is 0 Å². The van der Waals surface area contributed by atoms with E-state index in [9.17, 15) is 0 Å². The van der Waals surface area contributed by atoms with E-state index in [0.29, 0.717) is 0 Å². The Morgan fingerprint density at radius 3 is 2.06 bits per heavy atom. The summed E-state index contributed by atoms with van der Waals surface area (Å²) >= 11 is 0. The van der Waals surface area contributed by atoms with Crippen LogP contribution in [0.4, 0.5) is 0 Å². The smallest absolute Gasteiger partial charge is 0.0154 e. The highest BCUT2D eigenvalue weighted by Crippen LogP contribution is 2.28. The van der Waals surface area contributed by atoms with Gasteiger partial charge >= 0.3 is 0 Å². The third-order valence-electron chi connectivity index (χ3n) is 3.97. The highest BCUT2D eigenvalue weighted by atomic mass is 14.7. The van der Waals surface area contributed by atoms with Gasteiger partial charge in [0.15, 0.2) is 0 Å². The Morgan fingerprint density at radius 1 is 1.00 bits per heavy atom. The summed E-state index contributed by atoms with van der Waals surface area (Å²) in [5.74, 6) is 0.849. The van der Waals surface area contributed by atoms with E-state index in [0.717, 1.165) is 12.3 Å². The van der Waals surface area contributed by atoms with E-state index in [4.69, 9.17) is 5.73 Å². The van der Waals surface area contributed by atoms with Crippen LogP contribution >= 0.6 is 0 Å². The fourth-order valence-electron chi connectivity index (χ4n) is 2.47. The molecule has 0 radical (unpaired) electrons. The average molecular weight is 227 g/mol. The molecule has 16 heavy (non-hydrogen) atoms. The van der Waals surface area contributed by atoms with Crippen LogP contribution in [0.25, 0.3) is 0 Å². The zero-order chi connectivity index (χ0) is 12.4. The van der Waals surface area contributed by atoms with Crippen molar-refractivity contribution < 1.29 is 0 Å². The molecule has 0 amide bonds. The van der Waals surface area contributed by atoms with E-state index in [1.54, 1.807) is 0 Å². The summed E-state index contributed by atoms with van der Waals surface area (Å²) in [4.78, 5) is 0. The molecule has 2 atom stereocenters. The van der Waals surface area contributed by atoms with Gasteiger partial charge in [0.25, 0.3) is 0 Å². The van der Waals surface area contributed by atoms with Gasteiger partial charge in [-0.2, -0.15) is 0 Å². The van der Waals surface area contributed by atoms with Gasteiger partial charge in [0.05, 0.1) is 0 Å². The Kier molecular flexibility index (Phi) is 9.02. The largest absolute Gasteiger partial charge is 0.325 e. The Hall–Kier alpha value is -0.0400. The standard InChI is InChI=1S/C15H33N/c1-5-9-11-14(7-3)13-15(16,8-4)12-10-6-2/h14H,5-13,16H2,1-4H3. The SMILES string of the molecule is CCCCC(CC)CC(N)(CC)CCCC. The van der Waals surface area contributed by atoms with Crippen molar-refractivity contribution in [3.63, 3.8) is 0 Å². The fraction of sp³-hybridized carbons (Fsp3) is 1.00. The number of hydrogen-bond donors (Lipinski definition) is 1. The molecule has 98 valence electrons. The van der Waals surface area contributed by atoms with Crippen LogP contribution in [0.5, 0.6) is 0 Å². The van der Waals surface area contributed by atoms with Crippen molar-refractivity contribution in [1.29, 1.82) is 0 Å². The Bertz CT molecular complexity index is 156. The predicted molar refractivity (Wildman–Crippen MR) is 74.7 cm³/mol. The van der Waals surface area contributed by atoms with E-state index in [1.165, 1.54) is 51.4 Å². The maximum absolute atomic E-state index is 6.53. The molecular weight excluding hydrogens is 194 g/mol. The van der Waals surface area contributed by atoms with Crippen molar-refractivity contribution in [1.82, 2.24) is 0 Å². The maximum Gasteiger partial charge on any atom is 0.0154 e. The van der Waals surface area contributed by atoms with Crippen molar-refractivity contribution in [2.45, 2.75) is 91.0 Å². The van der Waals surface area contributed by atoms with Crippen molar-refractivity contribution in [3.8, 4) is 0 Å². The first-order chi connectivity index (χ1) is 7.61. The third-order valence-corrected chi connectivity index (χ3v) is 3.97. The van der Waals surface area contributed by atoms with Gasteiger partial charge in [-0.1, -0.05) is 66.2 Å². The summed E-state index contributed by atoms with van der Waals surface area (Å²) in [6, 6.07) is 0. The minimum absolute atomic E-state index is 0.116. The topological polar surface area (TPSA) is 26.0 Å². The van der Waals surface area contributed by atoms with E-state index in [2.05, 4.69) is 27.7 Å². The average Bonchev–Trinajstić information content (AvgIpc) is 2.32. The number of nitrogens with two attached hydrogens (primary N) is 1. The summed E-state index contributed by atoms with van der Waals surface area (Å²) < 4.78 is 0. The van der Waals surface area contributed by atoms with Crippen LogP contribution in [0.3, 0.4) is 0 Å². The second-order valence-electron chi connectivity index (χ2n) is 5.44. The molecule has 0 heterocycles. The van der Waals surface area contributed by atoms with E-state index in [1.807, 2.05) is 0 Å². The molecule has 2 unspecified atom stereocenters. The van der Waals surface area contributed by atoms with Crippen LogP contribution in [0.15, 0.2) is 0 Å². The normalized spacial score (nSPS) is 17.1. The lowest BCUT2D eigenvalue weighted by Crippen LogP contribution is -2.41. The Labute approximate surface area is 103 Å². The van der Waals surface area contributed by atoms with Crippen LogP contribution in [-0.4, -0.2) is 5.54 Å². The van der Waals surface area contributed by atoms with Gasteiger partial charge in [0.2, 0.25) is 0 Å². The second-order valence-corrected chi connectivity index (χ2v) is 5.44. The van der Waals surface area contributed by atoms with Crippen LogP contribution < -0.4 is 5.73 Å². The first-order valence-electron chi connectivity index (χ1n) is 7.40. The molecular formula is C15H33N. The van der Waals surface area contributed by atoms with Crippen molar-refractivity contribution in [2.75, 3.05) is 0 Å². The van der Waals surface area contributed by atoms with Crippen molar-refractivity contribution in [3.05, 3.63) is 0 Å². The van der Waals surface area contributed by atoms with E-state index < -0.39 is 0 Å². The Morgan fingerprint density at radius 2 is 1.62 bits per heavy atom. The molecule has 1 heteroatoms. The molecule has 1 nitrogen and oxygen atoms in total. The molecule has 0 saturated heterocycles. The van der Waals surface area contributed by atoms with E-state index in [-0.39, 0.29) is 5.54 Å². The molecule has 0 spiro atoms. The molecule has 0 aliphatic carbocycles. The molecule has 0 aromatic rings. The highest BCUT2D eigenvalue weighted by Gasteiger charge is 2.25. The molecule has 0 aliphatic heterocycles. The summed E-state index contributed by atoms with van der Waals surface area (Å²) in [6.07, 6.45) is 11.5. The summed E-state index contributed by atoms with van der Waals surface area (Å²) in [5, 5.41) is 0. The molecule has 0 aliphatic rings. The zero-order valence-electron chi connectivity index (χ0n) is 12.0. The number of rotatable bonds is 10. The van der Waals surface area contributed by atoms with Gasteiger partial charge in [0.1, 0.15) is 0 Å². The molecule has 0 aromatic carbocycles. The van der Waals surface area contributed by atoms with Gasteiger partial charge in [-0.25, -0.2) is 0 Å². The lowest BCUT2D eigenvalue weighted by molar-refractivity contribution is 0.264.